The van der Waals surface area contributed by atoms with Crippen LogP contribution in [0.15, 0.2) is 53.7 Å². The van der Waals surface area contributed by atoms with Crippen molar-refractivity contribution in [2.75, 3.05) is 27.2 Å². The topological polar surface area (TPSA) is 49.8 Å². The van der Waals surface area contributed by atoms with Gasteiger partial charge in [0, 0.05) is 45.5 Å². The van der Waals surface area contributed by atoms with Crippen LogP contribution in [0.5, 0.6) is 5.75 Å². The fraction of sp³-hybridized carbons (Fsp3) is 0.368. The van der Waals surface area contributed by atoms with Gasteiger partial charge in [-0.25, -0.2) is 0 Å². The maximum Gasteiger partial charge on any atom is 0.193 e. The van der Waals surface area contributed by atoms with Gasteiger partial charge in [-0.05, 0) is 36.8 Å². The lowest BCUT2D eigenvalue weighted by Gasteiger charge is -2.22. The van der Waals surface area contributed by atoms with Crippen molar-refractivity contribution in [3.63, 3.8) is 0 Å². The molecular weight excluding hydrogens is 300 g/mol. The van der Waals surface area contributed by atoms with Gasteiger partial charge in [-0.2, -0.15) is 0 Å². The van der Waals surface area contributed by atoms with Crippen molar-refractivity contribution in [3.8, 4) is 5.75 Å². The zero-order valence-electron chi connectivity index (χ0n) is 14.7. The number of hydrogen-bond acceptors (Lipinski definition) is 3. The van der Waals surface area contributed by atoms with Gasteiger partial charge >= 0.3 is 0 Å². The number of hydrogen-bond donors (Lipinski definition) is 1. The molecule has 1 heterocycles. The van der Waals surface area contributed by atoms with Crippen molar-refractivity contribution >= 4 is 5.96 Å². The summed E-state index contributed by atoms with van der Waals surface area (Å²) in [6.07, 6.45) is 2.69. The maximum absolute atomic E-state index is 5.47. The van der Waals surface area contributed by atoms with Crippen LogP contribution in [0.4, 0.5) is 0 Å². The highest BCUT2D eigenvalue weighted by molar-refractivity contribution is 5.79. The van der Waals surface area contributed by atoms with E-state index in [-0.39, 0.29) is 0 Å². The number of benzene rings is 1. The second-order valence-electron chi connectivity index (χ2n) is 5.48. The van der Waals surface area contributed by atoms with E-state index in [1.165, 1.54) is 5.56 Å². The van der Waals surface area contributed by atoms with Crippen LogP contribution in [0, 0.1) is 0 Å². The molecule has 0 spiro atoms. The molecule has 1 aromatic heterocycles. The largest absolute Gasteiger partial charge is 0.494 e. The number of aliphatic imine (C=N–C) groups is 1. The van der Waals surface area contributed by atoms with E-state index in [9.17, 15) is 0 Å². The Kier molecular flexibility index (Phi) is 7.08. The maximum atomic E-state index is 5.47. The second kappa shape index (κ2) is 9.55. The third-order valence-electron chi connectivity index (χ3n) is 3.62. The summed E-state index contributed by atoms with van der Waals surface area (Å²) in [6.45, 7) is 4.27. The first-order valence-electron chi connectivity index (χ1n) is 8.26. The van der Waals surface area contributed by atoms with Gasteiger partial charge in [0.15, 0.2) is 5.96 Å². The summed E-state index contributed by atoms with van der Waals surface area (Å²) >= 11 is 0. The Labute approximate surface area is 144 Å². The molecular formula is C19H26N4O. The van der Waals surface area contributed by atoms with E-state index >= 15 is 0 Å². The standard InChI is InChI=1S/C19H26N4O/c1-4-24-18-10-8-16(9-11-18)15-23(3)19(20-2)22-14-12-17-7-5-6-13-21-17/h5-11,13H,4,12,14-15H2,1-3H3,(H,20,22). The first kappa shape index (κ1) is 17.8. The first-order chi connectivity index (χ1) is 11.7. The van der Waals surface area contributed by atoms with Crippen LogP contribution in [0.1, 0.15) is 18.2 Å². The van der Waals surface area contributed by atoms with Crippen LogP contribution in [-0.2, 0) is 13.0 Å². The average molecular weight is 326 g/mol. The van der Waals surface area contributed by atoms with Gasteiger partial charge in [-0.3, -0.25) is 9.98 Å². The van der Waals surface area contributed by atoms with Crippen molar-refractivity contribution in [2.24, 2.45) is 4.99 Å². The zero-order valence-corrected chi connectivity index (χ0v) is 14.7. The fourth-order valence-electron chi connectivity index (χ4n) is 2.44. The molecule has 24 heavy (non-hydrogen) atoms. The number of aromatic nitrogens is 1. The second-order valence-corrected chi connectivity index (χ2v) is 5.48. The highest BCUT2D eigenvalue weighted by Crippen LogP contribution is 2.13. The summed E-state index contributed by atoms with van der Waals surface area (Å²) in [6, 6.07) is 14.2. The van der Waals surface area contributed by atoms with E-state index in [2.05, 4.69) is 32.3 Å². The molecule has 0 atom stereocenters. The number of guanidine groups is 1. The van der Waals surface area contributed by atoms with E-state index in [0.29, 0.717) is 6.61 Å². The van der Waals surface area contributed by atoms with E-state index in [1.54, 1.807) is 7.05 Å². The van der Waals surface area contributed by atoms with Gasteiger partial charge in [0.1, 0.15) is 5.75 Å². The lowest BCUT2D eigenvalue weighted by molar-refractivity contribution is 0.340. The van der Waals surface area contributed by atoms with Gasteiger partial charge in [0.2, 0.25) is 0 Å². The first-order valence-corrected chi connectivity index (χ1v) is 8.26. The Hall–Kier alpha value is -2.56. The van der Waals surface area contributed by atoms with Gasteiger partial charge in [0.05, 0.1) is 6.61 Å². The summed E-state index contributed by atoms with van der Waals surface area (Å²) in [4.78, 5) is 10.8. The minimum atomic E-state index is 0.687. The molecule has 0 saturated heterocycles. The van der Waals surface area contributed by atoms with E-state index in [1.807, 2.05) is 50.5 Å². The van der Waals surface area contributed by atoms with Crippen molar-refractivity contribution in [1.82, 2.24) is 15.2 Å². The predicted octanol–water partition coefficient (Wildman–Crippen LogP) is 2.73. The Morgan fingerprint density at radius 3 is 2.62 bits per heavy atom. The van der Waals surface area contributed by atoms with Crippen LogP contribution in [-0.4, -0.2) is 43.1 Å². The zero-order chi connectivity index (χ0) is 17.2. The normalized spacial score (nSPS) is 11.2. The van der Waals surface area contributed by atoms with Gasteiger partial charge in [-0.1, -0.05) is 18.2 Å². The van der Waals surface area contributed by atoms with Crippen LogP contribution < -0.4 is 10.1 Å². The molecule has 0 amide bonds. The molecule has 128 valence electrons. The van der Waals surface area contributed by atoms with Crippen LogP contribution >= 0.6 is 0 Å². The highest BCUT2D eigenvalue weighted by atomic mass is 16.5. The van der Waals surface area contributed by atoms with Crippen LogP contribution in [0.25, 0.3) is 0 Å². The van der Waals surface area contributed by atoms with E-state index in [4.69, 9.17) is 4.74 Å². The van der Waals surface area contributed by atoms with E-state index < -0.39 is 0 Å². The number of nitrogens with zero attached hydrogens (tertiary/aromatic N) is 3. The molecule has 0 saturated carbocycles. The Morgan fingerprint density at radius 1 is 1.21 bits per heavy atom. The van der Waals surface area contributed by atoms with Crippen molar-refractivity contribution in [2.45, 2.75) is 19.9 Å². The molecule has 2 rings (SSSR count). The van der Waals surface area contributed by atoms with E-state index in [0.717, 1.165) is 36.9 Å². The molecule has 0 radical (unpaired) electrons. The predicted molar refractivity (Wildman–Crippen MR) is 98.4 cm³/mol. The molecule has 0 fully saturated rings. The summed E-state index contributed by atoms with van der Waals surface area (Å²) in [7, 11) is 3.84. The summed E-state index contributed by atoms with van der Waals surface area (Å²) < 4.78 is 5.47. The summed E-state index contributed by atoms with van der Waals surface area (Å²) in [5.41, 5.74) is 2.29. The monoisotopic (exact) mass is 326 g/mol. The number of ether oxygens (including phenoxy) is 1. The molecule has 0 aliphatic carbocycles. The van der Waals surface area contributed by atoms with Crippen LogP contribution in [0.3, 0.4) is 0 Å². The number of pyridine rings is 1. The molecule has 1 N–H and O–H groups in total. The smallest absolute Gasteiger partial charge is 0.193 e. The van der Waals surface area contributed by atoms with Crippen molar-refractivity contribution in [3.05, 3.63) is 59.9 Å². The quantitative estimate of drug-likeness (QED) is 0.628. The lowest BCUT2D eigenvalue weighted by Crippen LogP contribution is -2.39. The number of nitrogens with one attached hydrogen (secondary N) is 1. The lowest BCUT2D eigenvalue weighted by atomic mass is 10.2. The molecule has 0 unspecified atom stereocenters. The molecule has 1 aromatic carbocycles. The third kappa shape index (κ3) is 5.57. The molecule has 5 nitrogen and oxygen atoms in total. The summed E-state index contributed by atoms with van der Waals surface area (Å²) in [5, 5.41) is 3.38. The average Bonchev–Trinajstić information content (AvgIpc) is 2.61. The minimum absolute atomic E-state index is 0.687. The SMILES string of the molecule is CCOc1ccc(CN(C)C(=NC)NCCc2ccccn2)cc1. The van der Waals surface area contributed by atoms with Crippen LogP contribution in [0.2, 0.25) is 0 Å². The minimum Gasteiger partial charge on any atom is -0.494 e. The fourth-order valence-corrected chi connectivity index (χ4v) is 2.44. The molecule has 2 aromatic rings. The Morgan fingerprint density at radius 2 is 2.00 bits per heavy atom. The third-order valence-corrected chi connectivity index (χ3v) is 3.62. The molecule has 0 bridgehead atoms. The van der Waals surface area contributed by atoms with Gasteiger partial charge in [-0.15, -0.1) is 0 Å². The summed E-state index contributed by atoms with van der Waals surface area (Å²) in [5.74, 6) is 1.78. The van der Waals surface area contributed by atoms with Crippen molar-refractivity contribution < 1.29 is 4.74 Å². The number of rotatable bonds is 7. The molecule has 0 aliphatic heterocycles. The Bertz CT molecular complexity index is 626. The molecule has 5 heteroatoms. The molecule has 0 aliphatic rings. The Balaban J connectivity index is 1.83. The highest BCUT2D eigenvalue weighted by Gasteiger charge is 2.06. The van der Waals surface area contributed by atoms with Crippen molar-refractivity contribution in [1.29, 1.82) is 0 Å². The van der Waals surface area contributed by atoms with Gasteiger partial charge < -0.3 is 15.0 Å². The van der Waals surface area contributed by atoms with Gasteiger partial charge in [0.25, 0.3) is 0 Å².